The number of amides is 1. The van der Waals surface area contributed by atoms with Crippen molar-refractivity contribution in [3.8, 4) is 11.3 Å². The number of H-pyrrole nitrogens is 1. The Kier molecular flexibility index (Phi) is 4.03. The quantitative estimate of drug-likeness (QED) is 0.433. The average molecular weight is 335 g/mol. The molecule has 2 N–H and O–H groups in total. The third-order valence-corrected chi connectivity index (χ3v) is 3.25. The summed E-state index contributed by atoms with van der Waals surface area (Å²) in [6, 6.07) is 10.8. The van der Waals surface area contributed by atoms with Crippen LogP contribution in [0.5, 0.6) is 0 Å². The summed E-state index contributed by atoms with van der Waals surface area (Å²) in [6.07, 6.45) is 0. The number of anilines is 1. The third kappa shape index (κ3) is 2.85. The second kappa shape index (κ2) is 6.15. The van der Waals surface area contributed by atoms with E-state index in [4.69, 9.17) is 0 Å². The summed E-state index contributed by atoms with van der Waals surface area (Å²) >= 11 is 0. The number of rotatable bonds is 3. The van der Waals surface area contributed by atoms with Gasteiger partial charge in [-0.15, -0.1) is 0 Å². The van der Waals surface area contributed by atoms with Crippen molar-refractivity contribution in [1.82, 2.24) is 10.2 Å². The van der Waals surface area contributed by atoms with Gasteiger partial charge in [-0.2, -0.15) is 5.10 Å². The molecule has 0 aliphatic heterocycles. The lowest BCUT2D eigenvalue weighted by atomic mass is 10.1. The van der Waals surface area contributed by atoms with Gasteiger partial charge in [0, 0.05) is 6.07 Å². The lowest BCUT2D eigenvalue weighted by molar-refractivity contribution is 0.102. The number of carbonyl (C=O) groups is 1. The monoisotopic (exact) mass is 335 g/mol. The maximum absolute atomic E-state index is 13.6. The molecule has 3 rings (SSSR count). The predicted molar refractivity (Wildman–Crippen MR) is 78.3 cm³/mol. The van der Waals surface area contributed by atoms with Gasteiger partial charge in [0.25, 0.3) is 5.91 Å². The fourth-order valence-corrected chi connectivity index (χ4v) is 2.07. The molecule has 3 aromatic rings. The Morgan fingerprint density at radius 1 is 0.958 bits per heavy atom. The molecule has 0 aliphatic carbocycles. The molecule has 0 radical (unpaired) electrons. The van der Waals surface area contributed by atoms with E-state index < -0.39 is 34.7 Å². The average Bonchev–Trinajstić information content (AvgIpc) is 3.05. The normalized spacial score (nSPS) is 10.7. The van der Waals surface area contributed by atoms with Crippen LogP contribution < -0.4 is 5.32 Å². The van der Waals surface area contributed by atoms with Crippen LogP contribution >= 0.6 is 0 Å². The highest BCUT2D eigenvalue weighted by Crippen LogP contribution is 2.22. The van der Waals surface area contributed by atoms with Crippen molar-refractivity contribution in [3.05, 3.63) is 71.3 Å². The molecule has 122 valence electrons. The molecule has 8 heteroatoms. The molecule has 0 bridgehead atoms. The standard InChI is InChI=1S/C16H9F4N3O/c17-10-6-9(13(18)15(20)14(10)19)16(24)21-12-7-11(22-23-12)8-4-2-1-3-5-8/h1-7H,(H2,21,22,23,24). The summed E-state index contributed by atoms with van der Waals surface area (Å²) in [6.45, 7) is 0. The molecule has 0 spiro atoms. The van der Waals surface area contributed by atoms with E-state index in [1.807, 2.05) is 6.07 Å². The maximum Gasteiger partial charge on any atom is 0.260 e. The summed E-state index contributed by atoms with van der Waals surface area (Å²) in [5.74, 6) is -8.60. The Morgan fingerprint density at radius 2 is 1.67 bits per heavy atom. The van der Waals surface area contributed by atoms with Crippen LogP contribution in [0.15, 0.2) is 42.5 Å². The second-order valence-corrected chi connectivity index (χ2v) is 4.83. The number of benzene rings is 2. The third-order valence-electron chi connectivity index (χ3n) is 3.25. The van der Waals surface area contributed by atoms with Crippen molar-refractivity contribution in [2.45, 2.75) is 0 Å². The van der Waals surface area contributed by atoms with E-state index in [1.165, 1.54) is 6.07 Å². The highest BCUT2D eigenvalue weighted by molar-refractivity contribution is 6.04. The van der Waals surface area contributed by atoms with Crippen LogP contribution in [0.4, 0.5) is 23.4 Å². The van der Waals surface area contributed by atoms with Crippen LogP contribution in [0.25, 0.3) is 11.3 Å². The molecule has 0 unspecified atom stereocenters. The molecule has 0 saturated heterocycles. The minimum absolute atomic E-state index is 0.0170. The van der Waals surface area contributed by atoms with E-state index in [0.29, 0.717) is 5.69 Å². The maximum atomic E-state index is 13.6. The summed E-state index contributed by atoms with van der Waals surface area (Å²) < 4.78 is 52.9. The molecule has 0 saturated carbocycles. The van der Waals surface area contributed by atoms with Gasteiger partial charge in [-0.25, -0.2) is 17.6 Å². The molecule has 24 heavy (non-hydrogen) atoms. The van der Waals surface area contributed by atoms with Gasteiger partial charge in [0.2, 0.25) is 0 Å². The van der Waals surface area contributed by atoms with E-state index in [-0.39, 0.29) is 11.9 Å². The van der Waals surface area contributed by atoms with Crippen molar-refractivity contribution < 1.29 is 22.4 Å². The van der Waals surface area contributed by atoms with Gasteiger partial charge in [0.1, 0.15) is 0 Å². The molecular weight excluding hydrogens is 326 g/mol. The zero-order valence-electron chi connectivity index (χ0n) is 11.9. The molecule has 1 amide bonds. The number of aromatic amines is 1. The minimum Gasteiger partial charge on any atom is -0.305 e. The van der Waals surface area contributed by atoms with Gasteiger partial charge >= 0.3 is 0 Å². The minimum atomic E-state index is -2.05. The fourth-order valence-electron chi connectivity index (χ4n) is 2.07. The zero-order chi connectivity index (χ0) is 17.3. The Labute approximate surface area is 133 Å². The highest BCUT2D eigenvalue weighted by atomic mass is 19.2. The van der Waals surface area contributed by atoms with E-state index in [0.717, 1.165) is 5.56 Å². The van der Waals surface area contributed by atoms with Gasteiger partial charge in [0.05, 0.1) is 11.3 Å². The van der Waals surface area contributed by atoms with Gasteiger partial charge in [-0.3, -0.25) is 9.89 Å². The molecule has 2 aromatic carbocycles. The number of aromatic nitrogens is 2. The van der Waals surface area contributed by atoms with E-state index in [1.54, 1.807) is 24.3 Å². The van der Waals surface area contributed by atoms with Gasteiger partial charge in [-0.05, 0) is 11.6 Å². The first-order chi connectivity index (χ1) is 11.5. The molecule has 1 aromatic heterocycles. The number of hydrogen-bond acceptors (Lipinski definition) is 2. The van der Waals surface area contributed by atoms with E-state index in [9.17, 15) is 22.4 Å². The van der Waals surface area contributed by atoms with Gasteiger partial charge in [0.15, 0.2) is 29.1 Å². The van der Waals surface area contributed by atoms with Crippen LogP contribution in [0.2, 0.25) is 0 Å². The summed E-state index contributed by atoms with van der Waals surface area (Å²) in [5, 5.41) is 8.65. The fraction of sp³-hybridized carbons (Fsp3) is 0. The first-order valence-corrected chi connectivity index (χ1v) is 6.72. The molecule has 1 heterocycles. The lowest BCUT2D eigenvalue weighted by Gasteiger charge is -2.05. The number of nitrogens with one attached hydrogen (secondary N) is 2. The summed E-state index contributed by atoms with van der Waals surface area (Å²) in [5.41, 5.74) is 0.397. The van der Waals surface area contributed by atoms with Crippen molar-refractivity contribution in [3.63, 3.8) is 0 Å². The van der Waals surface area contributed by atoms with Gasteiger partial charge < -0.3 is 5.32 Å². The Balaban J connectivity index is 1.85. The molecule has 4 nitrogen and oxygen atoms in total. The molecular formula is C16H9F4N3O. The molecule has 0 atom stereocenters. The van der Waals surface area contributed by atoms with Crippen LogP contribution in [0, 0.1) is 23.3 Å². The van der Waals surface area contributed by atoms with Crippen LogP contribution in [-0.4, -0.2) is 16.1 Å². The van der Waals surface area contributed by atoms with Crippen LogP contribution in [0.3, 0.4) is 0 Å². The first-order valence-electron chi connectivity index (χ1n) is 6.72. The Morgan fingerprint density at radius 3 is 2.38 bits per heavy atom. The summed E-state index contributed by atoms with van der Waals surface area (Å²) in [4.78, 5) is 11.9. The highest BCUT2D eigenvalue weighted by Gasteiger charge is 2.23. The molecule has 0 aliphatic rings. The van der Waals surface area contributed by atoms with Gasteiger partial charge in [-0.1, -0.05) is 30.3 Å². The zero-order valence-corrected chi connectivity index (χ0v) is 11.9. The smallest absolute Gasteiger partial charge is 0.260 e. The SMILES string of the molecule is O=C(Nc1cc(-c2ccccc2)[nH]n1)c1cc(F)c(F)c(F)c1F. The second-order valence-electron chi connectivity index (χ2n) is 4.83. The van der Waals surface area contributed by atoms with Crippen LogP contribution in [0.1, 0.15) is 10.4 Å². The Bertz CT molecular complexity index is 909. The van der Waals surface area contributed by atoms with E-state index in [2.05, 4.69) is 15.5 Å². The largest absolute Gasteiger partial charge is 0.305 e. The topological polar surface area (TPSA) is 57.8 Å². The Hall–Kier alpha value is -3.16. The van der Waals surface area contributed by atoms with Crippen molar-refractivity contribution in [2.75, 3.05) is 5.32 Å². The number of halogens is 4. The molecule has 0 fully saturated rings. The number of nitrogens with zero attached hydrogens (tertiary/aromatic N) is 1. The van der Waals surface area contributed by atoms with E-state index >= 15 is 0 Å². The number of carbonyl (C=O) groups excluding carboxylic acids is 1. The van der Waals surface area contributed by atoms with Crippen LogP contribution in [-0.2, 0) is 0 Å². The predicted octanol–water partition coefficient (Wildman–Crippen LogP) is 3.89. The number of hydrogen-bond donors (Lipinski definition) is 2. The first kappa shape index (κ1) is 15.7. The van der Waals surface area contributed by atoms with Crippen molar-refractivity contribution in [1.29, 1.82) is 0 Å². The summed E-state index contributed by atoms with van der Waals surface area (Å²) in [7, 11) is 0. The van der Waals surface area contributed by atoms with Crippen molar-refractivity contribution >= 4 is 11.7 Å². The lowest BCUT2D eigenvalue weighted by Crippen LogP contribution is -2.16. The van der Waals surface area contributed by atoms with Crippen molar-refractivity contribution in [2.24, 2.45) is 0 Å².